The molecular weight excluding hydrogens is 458 g/mol. The SMILES string of the molecule is Cc1c(CC(=O)OCCCCO)cc(-c2ccc(S(C)(=O)=O)cc2)n1-c1ccc(C=S)cc1. The van der Waals surface area contributed by atoms with Crippen molar-refractivity contribution in [2.45, 2.75) is 31.1 Å². The van der Waals surface area contributed by atoms with E-state index < -0.39 is 9.84 Å². The summed E-state index contributed by atoms with van der Waals surface area (Å²) in [5.41, 5.74) is 5.20. The normalized spacial score (nSPS) is 11.4. The summed E-state index contributed by atoms with van der Waals surface area (Å²) in [7, 11) is -3.30. The number of aliphatic hydroxyl groups excluding tert-OH is 1. The fourth-order valence-electron chi connectivity index (χ4n) is 3.56. The molecule has 174 valence electrons. The van der Waals surface area contributed by atoms with Crippen molar-refractivity contribution in [1.29, 1.82) is 0 Å². The van der Waals surface area contributed by atoms with Gasteiger partial charge < -0.3 is 14.4 Å². The molecule has 0 fully saturated rings. The van der Waals surface area contributed by atoms with E-state index in [-0.39, 0.29) is 30.5 Å². The third-order valence-electron chi connectivity index (χ3n) is 5.37. The number of esters is 1. The lowest BCUT2D eigenvalue weighted by Gasteiger charge is -2.13. The van der Waals surface area contributed by atoms with Gasteiger partial charge >= 0.3 is 5.97 Å². The number of sulfone groups is 1. The zero-order valence-electron chi connectivity index (χ0n) is 18.7. The highest BCUT2D eigenvalue weighted by Crippen LogP contribution is 2.31. The Bertz CT molecular complexity index is 1230. The molecule has 2 aromatic carbocycles. The van der Waals surface area contributed by atoms with Crippen LogP contribution in [0.1, 0.15) is 29.7 Å². The summed E-state index contributed by atoms with van der Waals surface area (Å²) in [6.07, 6.45) is 2.50. The first-order chi connectivity index (χ1) is 15.7. The summed E-state index contributed by atoms with van der Waals surface area (Å²) in [4.78, 5) is 12.6. The number of nitrogens with zero attached hydrogens (tertiary/aromatic N) is 1. The van der Waals surface area contributed by atoms with Crippen LogP contribution in [0.15, 0.2) is 59.5 Å². The third kappa shape index (κ3) is 6.16. The quantitative estimate of drug-likeness (QED) is 0.265. The first-order valence-corrected chi connectivity index (χ1v) is 12.9. The van der Waals surface area contributed by atoms with Gasteiger partial charge in [0.15, 0.2) is 9.84 Å². The summed E-state index contributed by atoms with van der Waals surface area (Å²) in [5.74, 6) is -0.330. The summed E-state index contributed by atoms with van der Waals surface area (Å²) < 4.78 is 31.1. The number of hydrogen-bond acceptors (Lipinski definition) is 6. The van der Waals surface area contributed by atoms with Crippen LogP contribution in [0, 0.1) is 6.92 Å². The minimum absolute atomic E-state index is 0.0724. The number of hydrogen-bond donors (Lipinski definition) is 1. The fraction of sp³-hybridized carbons (Fsp3) is 0.280. The largest absolute Gasteiger partial charge is 0.465 e. The summed E-state index contributed by atoms with van der Waals surface area (Å²) in [5, 5.41) is 10.5. The van der Waals surface area contributed by atoms with E-state index in [1.54, 1.807) is 29.6 Å². The van der Waals surface area contributed by atoms with E-state index in [0.29, 0.717) is 12.8 Å². The second-order valence-electron chi connectivity index (χ2n) is 7.81. The Kier molecular flexibility index (Phi) is 8.18. The second kappa shape index (κ2) is 10.9. The highest BCUT2D eigenvalue weighted by molar-refractivity contribution is 7.90. The molecule has 0 saturated heterocycles. The number of thiocarbonyl (C=S) groups is 1. The second-order valence-corrected chi connectivity index (χ2v) is 10.1. The number of carbonyl (C=O) groups excluding carboxylic acids is 1. The Labute approximate surface area is 199 Å². The lowest BCUT2D eigenvalue weighted by molar-refractivity contribution is -0.143. The van der Waals surface area contributed by atoms with Crippen molar-refractivity contribution in [2.24, 2.45) is 0 Å². The van der Waals surface area contributed by atoms with Crippen molar-refractivity contribution in [3.05, 3.63) is 71.4 Å². The van der Waals surface area contributed by atoms with E-state index in [2.05, 4.69) is 0 Å². The Hall–Kier alpha value is -2.81. The van der Waals surface area contributed by atoms with Gasteiger partial charge in [0.1, 0.15) is 0 Å². The van der Waals surface area contributed by atoms with Crippen molar-refractivity contribution in [2.75, 3.05) is 19.5 Å². The van der Waals surface area contributed by atoms with E-state index in [9.17, 15) is 13.2 Å². The molecule has 3 aromatic rings. The highest BCUT2D eigenvalue weighted by atomic mass is 32.2. The molecule has 0 aliphatic rings. The van der Waals surface area contributed by atoms with Crippen LogP contribution >= 0.6 is 12.2 Å². The average molecular weight is 486 g/mol. The smallest absolute Gasteiger partial charge is 0.310 e. The minimum Gasteiger partial charge on any atom is -0.465 e. The Balaban J connectivity index is 2.00. The van der Waals surface area contributed by atoms with Crippen molar-refractivity contribution >= 4 is 33.4 Å². The zero-order chi connectivity index (χ0) is 24.0. The van der Waals surface area contributed by atoms with Gasteiger partial charge in [-0.25, -0.2) is 8.42 Å². The maximum atomic E-state index is 12.4. The molecule has 33 heavy (non-hydrogen) atoms. The average Bonchev–Trinajstić information content (AvgIpc) is 3.12. The van der Waals surface area contributed by atoms with Gasteiger partial charge in [0, 0.05) is 29.6 Å². The molecule has 0 atom stereocenters. The molecular formula is C25H27NO5S2. The van der Waals surface area contributed by atoms with Crippen molar-refractivity contribution in [1.82, 2.24) is 4.57 Å². The monoisotopic (exact) mass is 485 g/mol. The van der Waals surface area contributed by atoms with E-state index in [0.717, 1.165) is 33.8 Å². The van der Waals surface area contributed by atoms with Crippen LogP contribution in [-0.2, 0) is 25.8 Å². The van der Waals surface area contributed by atoms with E-state index >= 15 is 0 Å². The van der Waals surface area contributed by atoms with Gasteiger partial charge in [0.2, 0.25) is 0 Å². The molecule has 6 nitrogen and oxygen atoms in total. The number of rotatable bonds is 10. The van der Waals surface area contributed by atoms with Gasteiger partial charge in [-0.2, -0.15) is 0 Å². The van der Waals surface area contributed by atoms with Crippen molar-refractivity contribution < 1.29 is 23.1 Å². The van der Waals surface area contributed by atoms with Crippen LogP contribution in [0.3, 0.4) is 0 Å². The maximum absolute atomic E-state index is 12.4. The van der Waals surface area contributed by atoms with Crippen LogP contribution in [-0.4, -0.2) is 48.9 Å². The first kappa shape index (κ1) is 24.8. The molecule has 3 rings (SSSR count). The van der Waals surface area contributed by atoms with Crippen LogP contribution in [0.2, 0.25) is 0 Å². The number of aromatic nitrogens is 1. The van der Waals surface area contributed by atoms with Gasteiger partial charge in [0.25, 0.3) is 0 Å². The van der Waals surface area contributed by atoms with Crippen molar-refractivity contribution in [3.8, 4) is 16.9 Å². The molecule has 0 spiro atoms. The molecule has 0 aliphatic heterocycles. The Morgan fingerprint density at radius 3 is 2.33 bits per heavy atom. The van der Waals surface area contributed by atoms with Crippen LogP contribution < -0.4 is 0 Å². The number of benzene rings is 2. The molecule has 0 saturated carbocycles. The van der Waals surface area contributed by atoms with Gasteiger partial charge in [-0.15, -0.1) is 0 Å². The maximum Gasteiger partial charge on any atom is 0.310 e. The standard InChI is InChI=1S/C25H27NO5S2/c1-18-21(16-25(28)31-14-4-3-13-27)15-24(20-7-11-23(12-8-20)33(2,29)30)26(18)22-9-5-19(17-32)6-10-22/h5-12,15,17,27H,3-4,13-14,16H2,1-2H3. The molecule has 8 heteroatoms. The summed E-state index contributed by atoms with van der Waals surface area (Å²) >= 11 is 5.01. The molecule has 0 amide bonds. The summed E-state index contributed by atoms with van der Waals surface area (Å²) in [6.45, 7) is 2.29. The molecule has 0 aliphatic carbocycles. The summed E-state index contributed by atoms with van der Waals surface area (Å²) in [6, 6.07) is 16.4. The van der Waals surface area contributed by atoms with Crippen LogP contribution in [0.4, 0.5) is 0 Å². The first-order valence-electron chi connectivity index (χ1n) is 10.6. The van der Waals surface area contributed by atoms with Crippen LogP contribution in [0.5, 0.6) is 0 Å². The molecule has 1 heterocycles. The number of carbonyl (C=O) groups is 1. The molecule has 0 radical (unpaired) electrons. The Morgan fingerprint density at radius 1 is 1.09 bits per heavy atom. The van der Waals surface area contributed by atoms with Crippen LogP contribution in [0.25, 0.3) is 16.9 Å². The van der Waals surface area contributed by atoms with E-state index in [4.69, 9.17) is 22.1 Å². The molecule has 1 N–H and O–H groups in total. The minimum atomic E-state index is -3.30. The van der Waals surface area contributed by atoms with Gasteiger partial charge in [-0.1, -0.05) is 36.5 Å². The topological polar surface area (TPSA) is 85.6 Å². The number of ether oxygens (including phenoxy) is 1. The molecule has 0 unspecified atom stereocenters. The Morgan fingerprint density at radius 2 is 1.76 bits per heavy atom. The van der Waals surface area contributed by atoms with E-state index in [1.807, 2.05) is 41.8 Å². The van der Waals surface area contributed by atoms with E-state index in [1.165, 1.54) is 6.26 Å². The predicted molar refractivity (Wildman–Crippen MR) is 133 cm³/mol. The third-order valence-corrected chi connectivity index (χ3v) is 6.77. The lowest BCUT2D eigenvalue weighted by Crippen LogP contribution is -2.10. The van der Waals surface area contributed by atoms with Crippen molar-refractivity contribution in [3.63, 3.8) is 0 Å². The van der Waals surface area contributed by atoms with Gasteiger partial charge in [-0.3, -0.25) is 4.79 Å². The number of unbranched alkanes of at least 4 members (excludes halogenated alkanes) is 1. The highest BCUT2D eigenvalue weighted by Gasteiger charge is 2.18. The predicted octanol–water partition coefficient (Wildman–Crippen LogP) is 4.06. The number of aliphatic hydroxyl groups is 1. The molecule has 1 aromatic heterocycles. The fourth-order valence-corrected chi connectivity index (χ4v) is 4.35. The molecule has 0 bridgehead atoms. The lowest BCUT2D eigenvalue weighted by atomic mass is 10.1. The van der Waals surface area contributed by atoms with Gasteiger partial charge in [0.05, 0.1) is 23.6 Å². The van der Waals surface area contributed by atoms with Gasteiger partial charge in [-0.05, 0) is 66.8 Å². The zero-order valence-corrected chi connectivity index (χ0v) is 20.3.